The highest BCUT2D eigenvalue weighted by Gasteiger charge is 2.15. The molecule has 0 fully saturated rings. The van der Waals surface area contributed by atoms with Crippen LogP contribution in [0.3, 0.4) is 0 Å². The van der Waals surface area contributed by atoms with E-state index >= 15 is 0 Å². The van der Waals surface area contributed by atoms with Gasteiger partial charge in [-0.15, -0.1) is 0 Å². The lowest BCUT2D eigenvalue weighted by atomic mass is 9.94. The molecule has 134 valence electrons. The third-order valence-electron chi connectivity index (χ3n) is 4.38. The van der Waals surface area contributed by atoms with Crippen molar-refractivity contribution in [1.29, 1.82) is 0 Å². The van der Waals surface area contributed by atoms with E-state index in [2.05, 4.69) is 68.6 Å². The Morgan fingerprint density at radius 1 is 0.731 bits per heavy atom. The summed E-state index contributed by atoms with van der Waals surface area (Å²) >= 11 is 0. The van der Waals surface area contributed by atoms with Gasteiger partial charge in [-0.1, -0.05) is 60.7 Å². The van der Waals surface area contributed by atoms with Crippen LogP contribution in [0, 0.1) is 0 Å². The smallest absolute Gasteiger partial charge is 0.0915 e. The molecule has 0 heterocycles. The average Bonchev–Trinajstić information content (AvgIpc) is 2.66. The molecule has 1 unspecified atom stereocenters. The molecule has 0 aliphatic carbocycles. The van der Waals surface area contributed by atoms with Crippen molar-refractivity contribution in [2.24, 2.45) is 0 Å². The van der Waals surface area contributed by atoms with Crippen LogP contribution in [0.5, 0.6) is 0 Å². The molecule has 0 aromatic heterocycles. The lowest BCUT2D eigenvalue weighted by Gasteiger charge is -2.23. The van der Waals surface area contributed by atoms with Crippen molar-refractivity contribution < 1.29 is 5.11 Å². The van der Waals surface area contributed by atoms with Gasteiger partial charge < -0.3 is 10.4 Å². The highest BCUT2D eigenvalue weighted by atomic mass is 16.3. The number of hydrogen-bond acceptors (Lipinski definition) is 2. The summed E-state index contributed by atoms with van der Waals surface area (Å²) in [5.74, 6) is 0. The fourth-order valence-electron chi connectivity index (χ4n) is 2.96. The minimum atomic E-state index is -0.555. The van der Waals surface area contributed by atoms with E-state index in [0.717, 1.165) is 27.8 Å². The van der Waals surface area contributed by atoms with Crippen LogP contribution in [-0.2, 0) is 0 Å². The second-order valence-corrected chi connectivity index (χ2v) is 7.72. The predicted molar refractivity (Wildman–Crippen MR) is 110 cm³/mol. The van der Waals surface area contributed by atoms with Crippen molar-refractivity contribution in [3.05, 3.63) is 84.4 Å². The minimum Gasteiger partial charge on any atom is -0.387 e. The van der Waals surface area contributed by atoms with Gasteiger partial charge in [0.05, 0.1) is 6.10 Å². The fourth-order valence-corrected chi connectivity index (χ4v) is 2.96. The quantitative estimate of drug-likeness (QED) is 0.645. The van der Waals surface area contributed by atoms with Crippen molar-refractivity contribution >= 4 is 0 Å². The number of aliphatic hydroxyl groups excluding tert-OH is 1. The molecule has 1 atom stereocenters. The summed E-state index contributed by atoms with van der Waals surface area (Å²) in [5, 5.41) is 14.2. The van der Waals surface area contributed by atoms with Gasteiger partial charge in [-0.2, -0.15) is 0 Å². The highest BCUT2D eigenvalue weighted by molar-refractivity contribution is 5.74. The van der Waals surface area contributed by atoms with Gasteiger partial charge in [0.1, 0.15) is 0 Å². The summed E-state index contributed by atoms with van der Waals surface area (Å²) in [4.78, 5) is 0. The third-order valence-corrected chi connectivity index (χ3v) is 4.38. The zero-order valence-corrected chi connectivity index (χ0v) is 15.7. The molecule has 0 aliphatic heterocycles. The van der Waals surface area contributed by atoms with Crippen LogP contribution in [0.15, 0.2) is 78.9 Å². The van der Waals surface area contributed by atoms with Crippen LogP contribution in [0.4, 0.5) is 0 Å². The molecule has 2 heteroatoms. The molecule has 0 saturated heterocycles. The number of aliphatic hydroxyl groups is 1. The summed E-state index contributed by atoms with van der Waals surface area (Å²) in [7, 11) is 0. The minimum absolute atomic E-state index is 0.0275. The van der Waals surface area contributed by atoms with E-state index in [0.29, 0.717) is 6.54 Å². The van der Waals surface area contributed by atoms with Crippen LogP contribution in [-0.4, -0.2) is 17.2 Å². The Morgan fingerprint density at radius 3 is 1.62 bits per heavy atom. The predicted octanol–water partition coefficient (Wildman–Crippen LogP) is 5.44. The topological polar surface area (TPSA) is 32.3 Å². The van der Waals surface area contributed by atoms with Crippen molar-refractivity contribution in [1.82, 2.24) is 5.32 Å². The number of rotatable bonds is 5. The largest absolute Gasteiger partial charge is 0.387 e. The summed E-state index contributed by atoms with van der Waals surface area (Å²) < 4.78 is 0. The van der Waals surface area contributed by atoms with Crippen LogP contribution < -0.4 is 5.32 Å². The molecule has 3 rings (SSSR count). The van der Waals surface area contributed by atoms with Crippen molar-refractivity contribution in [2.45, 2.75) is 32.4 Å². The van der Waals surface area contributed by atoms with Crippen LogP contribution >= 0.6 is 0 Å². The van der Waals surface area contributed by atoms with E-state index in [1.807, 2.05) is 36.4 Å². The Labute approximate surface area is 156 Å². The van der Waals surface area contributed by atoms with Crippen LogP contribution in [0.1, 0.15) is 32.4 Å². The number of β-amino-alcohol motifs (C(OH)–C–C–N with tert-alkyl or cyclic N) is 1. The zero-order valence-electron chi connectivity index (χ0n) is 15.7. The van der Waals surface area contributed by atoms with Gasteiger partial charge in [-0.3, -0.25) is 0 Å². The molecule has 2 N–H and O–H groups in total. The molecule has 0 saturated carbocycles. The van der Waals surface area contributed by atoms with Gasteiger partial charge in [0, 0.05) is 12.1 Å². The first-order chi connectivity index (χ1) is 12.4. The molecule has 0 radical (unpaired) electrons. The normalized spacial score (nSPS) is 12.8. The molecule has 3 aromatic carbocycles. The second kappa shape index (κ2) is 7.86. The molecular formula is C24H27NO. The molecule has 2 nitrogen and oxygen atoms in total. The fraction of sp³-hybridized carbons (Fsp3) is 0.250. The van der Waals surface area contributed by atoms with E-state index in [9.17, 15) is 5.11 Å². The first-order valence-corrected chi connectivity index (χ1v) is 9.11. The molecule has 3 aromatic rings. The maximum Gasteiger partial charge on any atom is 0.0915 e. The Hall–Kier alpha value is -2.42. The number of hydrogen-bond donors (Lipinski definition) is 2. The van der Waals surface area contributed by atoms with E-state index in [4.69, 9.17) is 0 Å². The monoisotopic (exact) mass is 345 g/mol. The Morgan fingerprint density at radius 2 is 1.19 bits per heavy atom. The maximum absolute atomic E-state index is 10.8. The van der Waals surface area contributed by atoms with Gasteiger partial charge in [0.2, 0.25) is 0 Å². The number of nitrogens with one attached hydrogen (secondary N) is 1. The van der Waals surface area contributed by atoms with Gasteiger partial charge >= 0.3 is 0 Å². The van der Waals surface area contributed by atoms with E-state index in [1.165, 1.54) is 0 Å². The summed E-state index contributed by atoms with van der Waals surface area (Å²) in [6, 6.07) is 27.0. The van der Waals surface area contributed by atoms with Crippen molar-refractivity contribution in [3.63, 3.8) is 0 Å². The highest BCUT2D eigenvalue weighted by Crippen LogP contribution is 2.30. The Balaban J connectivity index is 2.00. The van der Waals surface area contributed by atoms with Crippen LogP contribution in [0.25, 0.3) is 22.3 Å². The standard InChI is InChI=1S/C24H27NO/c1-24(2,3)25-17-23(26)22-15-20(18-10-6-4-7-11-18)14-21(16-22)19-12-8-5-9-13-19/h4-16,23,25-26H,17H2,1-3H3. The zero-order chi connectivity index (χ0) is 18.6. The van der Waals surface area contributed by atoms with Gasteiger partial charge in [-0.05, 0) is 66.8 Å². The van der Waals surface area contributed by atoms with Gasteiger partial charge in [0.25, 0.3) is 0 Å². The van der Waals surface area contributed by atoms with E-state index in [-0.39, 0.29) is 5.54 Å². The van der Waals surface area contributed by atoms with Gasteiger partial charge in [0.15, 0.2) is 0 Å². The van der Waals surface area contributed by atoms with Gasteiger partial charge in [-0.25, -0.2) is 0 Å². The maximum atomic E-state index is 10.8. The van der Waals surface area contributed by atoms with Crippen molar-refractivity contribution in [2.75, 3.05) is 6.54 Å². The average molecular weight is 345 g/mol. The molecule has 0 amide bonds. The molecule has 26 heavy (non-hydrogen) atoms. The lowest BCUT2D eigenvalue weighted by Crippen LogP contribution is -2.38. The van der Waals surface area contributed by atoms with Crippen molar-refractivity contribution in [3.8, 4) is 22.3 Å². The number of benzene rings is 3. The molecule has 0 spiro atoms. The second-order valence-electron chi connectivity index (χ2n) is 7.72. The molecule has 0 bridgehead atoms. The first-order valence-electron chi connectivity index (χ1n) is 9.11. The molecular weight excluding hydrogens is 318 g/mol. The summed E-state index contributed by atoms with van der Waals surface area (Å²) in [6.07, 6.45) is -0.555. The van der Waals surface area contributed by atoms with Crippen LogP contribution in [0.2, 0.25) is 0 Å². The summed E-state index contributed by atoms with van der Waals surface area (Å²) in [6.45, 7) is 6.84. The molecule has 0 aliphatic rings. The summed E-state index contributed by atoms with van der Waals surface area (Å²) in [5.41, 5.74) is 5.46. The Kier molecular flexibility index (Phi) is 5.55. The lowest BCUT2D eigenvalue weighted by molar-refractivity contribution is 0.163. The van der Waals surface area contributed by atoms with E-state index < -0.39 is 6.10 Å². The first kappa shape index (κ1) is 18.4. The Bertz CT molecular complexity index is 777. The third kappa shape index (κ3) is 4.81. The SMILES string of the molecule is CC(C)(C)NCC(O)c1cc(-c2ccccc2)cc(-c2ccccc2)c1. The van der Waals surface area contributed by atoms with E-state index in [1.54, 1.807) is 0 Å².